The number of carbonyl (C=O) groups excluding carboxylic acids is 1. The van der Waals surface area contributed by atoms with Crippen LogP contribution in [-0.2, 0) is 13.1 Å². The highest BCUT2D eigenvalue weighted by molar-refractivity contribution is 5.98. The first-order valence-electron chi connectivity index (χ1n) is 10.8. The Labute approximate surface area is 183 Å². The Morgan fingerprint density at radius 2 is 1.84 bits per heavy atom. The fourth-order valence-corrected chi connectivity index (χ4v) is 4.17. The lowest BCUT2D eigenvalue weighted by molar-refractivity contribution is 0.0949. The Bertz CT molecular complexity index is 1080. The van der Waals surface area contributed by atoms with Gasteiger partial charge in [-0.2, -0.15) is 5.26 Å². The zero-order valence-electron chi connectivity index (χ0n) is 18.1. The second kappa shape index (κ2) is 9.23. The minimum atomic E-state index is -0.294. The lowest BCUT2D eigenvalue weighted by atomic mass is 9.98. The summed E-state index contributed by atoms with van der Waals surface area (Å²) < 4.78 is 7.47. The molecule has 31 heavy (non-hydrogen) atoms. The minimum absolute atomic E-state index is 0.252. The molecule has 1 saturated heterocycles. The van der Waals surface area contributed by atoms with E-state index in [4.69, 9.17) is 4.42 Å². The van der Waals surface area contributed by atoms with Crippen molar-refractivity contribution >= 4 is 5.91 Å². The molecule has 3 heterocycles. The van der Waals surface area contributed by atoms with Crippen LogP contribution < -0.4 is 5.32 Å². The fraction of sp³-hybridized carbons (Fsp3) is 0.360. The zero-order valence-corrected chi connectivity index (χ0v) is 18.1. The Kier molecular flexibility index (Phi) is 6.24. The third-order valence-electron chi connectivity index (χ3n) is 6.07. The summed E-state index contributed by atoms with van der Waals surface area (Å²) in [5, 5.41) is 12.7. The molecule has 1 N–H and O–H groups in total. The smallest absolute Gasteiger partial charge is 0.256 e. The number of nitrogens with one attached hydrogen (secondary N) is 1. The van der Waals surface area contributed by atoms with Crippen molar-refractivity contribution in [3.8, 4) is 12.0 Å². The monoisotopic (exact) mass is 416 g/mol. The van der Waals surface area contributed by atoms with E-state index in [-0.39, 0.29) is 11.5 Å². The van der Waals surface area contributed by atoms with E-state index >= 15 is 0 Å². The first kappa shape index (κ1) is 21.0. The topological polar surface area (TPSA) is 74.2 Å². The van der Waals surface area contributed by atoms with Gasteiger partial charge in [0, 0.05) is 25.5 Å². The highest BCUT2D eigenvalue weighted by Gasteiger charge is 2.24. The van der Waals surface area contributed by atoms with Crippen molar-refractivity contribution in [3.63, 3.8) is 0 Å². The molecule has 0 spiro atoms. The van der Waals surface area contributed by atoms with Gasteiger partial charge in [-0.25, -0.2) is 0 Å². The third kappa shape index (κ3) is 4.57. The quantitative estimate of drug-likeness (QED) is 0.646. The number of piperidine rings is 1. The lowest BCUT2D eigenvalue weighted by Gasteiger charge is -2.30. The number of aromatic nitrogens is 1. The average molecular weight is 417 g/mol. The van der Waals surface area contributed by atoms with E-state index in [1.807, 2.05) is 24.3 Å². The standard InChI is InChI=1S/C25H28N4O2/c1-18-9-13-28(14-10-18)17-21-8-4-3-7-20(21)16-27-24(30)23-19(2)31-25(22(23)15-26)29-11-5-6-12-29/h3-8,11-12,18H,9-10,13-14,16-17H2,1-2H3,(H,27,30). The largest absolute Gasteiger partial charge is 0.443 e. The summed E-state index contributed by atoms with van der Waals surface area (Å²) in [6, 6.07) is 14.1. The van der Waals surface area contributed by atoms with Gasteiger partial charge in [-0.3, -0.25) is 14.3 Å². The molecular weight excluding hydrogens is 388 g/mol. The first-order chi connectivity index (χ1) is 15.1. The molecule has 1 fully saturated rings. The summed E-state index contributed by atoms with van der Waals surface area (Å²) >= 11 is 0. The fourth-order valence-electron chi connectivity index (χ4n) is 4.17. The van der Waals surface area contributed by atoms with Crippen LogP contribution in [0.1, 0.15) is 52.6 Å². The number of benzene rings is 1. The Morgan fingerprint density at radius 1 is 1.16 bits per heavy atom. The van der Waals surface area contributed by atoms with Gasteiger partial charge >= 0.3 is 0 Å². The first-order valence-corrected chi connectivity index (χ1v) is 10.8. The van der Waals surface area contributed by atoms with Crippen LogP contribution in [0.2, 0.25) is 0 Å². The molecule has 6 nitrogen and oxygen atoms in total. The number of hydrogen-bond acceptors (Lipinski definition) is 4. The van der Waals surface area contributed by atoms with Crippen molar-refractivity contribution < 1.29 is 9.21 Å². The van der Waals surface area contributed by atoms with Crippen LogP contribution >= 0.6 is 0 Å². The molecule has 0 saturated carbocycles. The normalized spacial score (nSPS) is 15.0. The van der Waals surface area contributed by atoms with Crippen LogP contribution in [0.4, 0.5) is 0 Å². The Balaban J connectivity index is 1.48. The average Bonchev–Trinajstić information content (AvgIpc) is 3.42. The summed E-state index contributed by atoms with van der Waals surface area (Å²) in [6.45, 7) is 7.57. The molecule has 0 bridgehead atoms. The van der Waals surface area contributed by atoms with Crippen LogP contribution in [-0.4, -0.2) is 28.5 Å². The van der Waals surface area contributed by atoms with Crippen molar-refractivity contribution in [1.29, 1.82) is 5.26 Å². The number of likely N-dealkylation sites (tertiary alicyclic amines) is 1. The molecule has 1 aliphatic rings. The maximum Gasteiger partial charge on any atom is 0.256 e. The zero-order chi connectivity index (χ0) is 21.8. The number of rotatable bonds is 6. The van der Waals surface area contributed by atoms with E-state index in [2.05, 4.69) is 35.3 Å². The number of amides is 1. The summed E-state index contributed by atoms with van der Waals surface area (Å²) in [5.74, 6) is 1.32. The van der Waals surface area contributed by atoms with Gasteiger partial charge in [-0.05, 0) is 62.0 Å². The number of aryl methyl sites for hydroxylation is 1. The highest BCUT2D eigenvalue weighted by atomic mass is 16.4. The molecule has 1 aliphatic heterocycles. The summed E-state index contributed by atoms with van der Waals surface area (Å²) in [7, 11) is 0. The SMILES string of the molecule is Cc1oc(-n2cccc2)c(C#N)c1C(=O)NCc1ccccc1CN1CCC(C)CC1. The van der Waals surface area contributed by atoms with Gasteiger partial charge in [0.25, 0.3) is 5.91 Å². The van der Waals surface area contributed by atoms with Crippen LogP contribution in [0.25, 0.3) is 5.88 Å². The number of furan rings is 1. The van der Waals surface area contributed by atoms with E-state index in [9.17, 15) is 10.1 Å². The van der Waals surface area contributed by atoms with Crippen molar-refractivity contribution in [2.24, 2.45) is 5.92 Å². The summed E-state index contributed by atoms with van der Waals surface area (Å²) in [6.07, 6.45) is 6.05. The molecule has 0 aliphatic carbocycles. The minimum Gasteiger partial charge on any atom is -0.443 e. The van der Waals surface area contributed by atoms with Gasteiger partial charge in [-0.1, -0.05) is 31.2 Å². The third-order valence-corrected chi connectivity index (χ3v) is 6.07. The maximum atomic E-state index is 13.0. The second-order valence-corrected chi connectivity index (χ2v) is 8.33. The van der Waals surface area contributed by atoms with Gasteiger partial charge in [0.2, 0.25) is 5.88 Å². The van der Waals surface area contributed by atoms with Crippen LogP contribution in [0, 0.1) is 24.2 Å². The van der Waals surface area contributed by atoms with Crippen LogP contribution in [0.15, 0.2) is 53.2 Å². The van der Waals surface area contributed by atoms with Gasteiger partial charge in [0.05, 0.1) is 0 Å². The molecule has 1 amide bonds. The second-order valence-electron chi connectivity index (χ2n) is 8.33. The van der Waals surface area contributed by atoms with E-state index < -0.39 is 0 Å². The van der Waals surface area contributed by atoms with Gasteiger partial charge in [-0.15, -0.1) is 0 Å². The molecule has 6 heteroatoms. The van der Waals surface area contributed by atoms with E-state index in [0.717, 1.165) is 31.1 Å². The van der Waals surface area contributed by atoms with Crippen LogP contribution in [0.3, 0.4) is 0 Å². The number of nitrogens with zero attached hydrogens (tertiary/aromatic N) is 3. The van der Waals surface area contributed by atoms with Crippen molar-refractivity contribution in [1.82, 2.24) is 14.8 Å². The van der Waals surface area contributed by atoms with E-state index in [1.54, 1.807) is 23.9 Å². The molecule has 4 rings (SSSR count). The van der Waals surface area contributed by atoms with Crippen molar-refractivity contribution in [3.05, 3.63) is 76.8 Å². The number of nitriles is 1. The Hall–Kier alpha value is -3.30. The van der Waals surface area contributed by atoms with Crippen molar-refractivity contribution in [2.45, 2.75) is 39.8 Å². The summed E-state index contributed by atoms with van der Waals surface area (Å²) in [5.41, 5.74) is 2.88. The molecule has 0 radical (unpaired) electrons. The van der Waals surface area contributed by atoms with Gasteiger partial charge in [0.15, 0.2) is 0 Å². The number of hydrogen-bond donors (Lipinski definition) is 1. The van der Waals surface area contributed by atoms with Gasteiger partial charge < -0.3 is 9.73 Å². The predicted molar refractivity (Wildman–Crippen MR) is 119 cm³/mol. The molecule has 0 atom stereocenters. The molecular formula is C25H28N4O2. The van der Waals surface area contributed by atoms with E-state index in [0.29, 0.717) is 23.8 Å². The Morgan fingerprint density at radius 3 is 2.52 bits per heavy atom. The molecule has 160 valence electrons. The molecule has 3 aromatic rings. The van der Waals surface area contributed by atoms with Gasteiger partial charge in [0.1, 0.15) is 23.0 Å². The number of carbonyl (C=O) groups is 1. The highest BCUT2D eigenvalue weighted by Crippen LogP contribution is 2.26. The molecule has 2 aromatic heterocycles. The van der Waals surface area contributed by atoms with Crippen LogP contribution in [0.5, 0.6) is 0 Å². The summed E-state index contributed by atoms with van der Waals surface area (Å²) in [4.78, 5) is 15.5. The van der Waals surface area contributed by atoms with E-state index in [1.165, 1.54) is 18.4 Å². The molecule has 0 unspecified atom stereocenters. The molecule has 1 aromatic carbocycles. The predicted octanol–water partition coefficient (Wildman–Crippen LogP) is 4.41. The maximum absolute atomic E-state index is 13.0. The lowest BCUT2D eigenvalue weighted by Crippen LogP contribution is -2.33. The van der Waals surface area contributed by atoms with Crippen molar-refractivity contribution in [2.75, 3.05) is 13.1 Å².